The maximum atomic E-state index is 12.9. The number of aryl methyl sites for hydroxylation is 1. The highest BCUT2D eigenvalue weighted by Crippen LogP contribution is 2.24. The molecular weight excluding hydrogens is 317 g/mol. The lowest BCUT2D eigenvalue weighted by molar-refractivity contribution is -0.118. The Morgan fingerprint density at radius 2 is 1.70 bits per heavy atom. The minimum absolute atomic E-state index is 0.123. The van der Waals surface area contributed by atoms with Gasteiger partial charge in [-0.2, -0.15) is 0 Å². The number of carbonyl (C=O) groups is 1. The van der Waals surface area contributed by atoms with Crippen molar-refractivity contribution in [1.82, 2.24) is 0 Å². The third-order valence-electron chi connectivity index (χ3n) is 3.54. The topological polar surface area (TPSA) is 54.5 Å². The van der Waals surface area contributed by atoms with Crippen LogP contribution in [0.1, 0.15) is 12.0 Å². The van der Waals surface area contributed by atoms with E-state index in [4.69, 9.17) is 0 Å². The van der Waals surface area contributed by atoms with E-state index >= 15 is 0 Å². The normalized spacial score (nSPS) is 11.3. The first-order chi connectivity index (χ1) is 10.8. The van der Waals surface area contributed by atoms with Crippen molar-refractivity contribution in [2.45, 2.75) is 17.7 Å². The number of hydrogen-bond donors (Lipinski definition) is 0. The first-order valence-corrected chi connectivity index (χ1v) is 8.98. The van der Waals surface area contributed by atoms with E-state index in [0.717, 1.165) is 11.8 Å². The van der Waals surface area contributed by atoms with E-state index in [0.29, 0.717) is 12.1 Å². The zero-order valence-corrected chi connectivity index (χ0v) is 13.8. The van der Waals surface area contributed by atoms with Crippen molar-refractivity contribution >= 4 is 21.4 Å². The van der Waals surface area contributed by atoms with Crippen LogP contribution in [0.4, 0.5) is 10.1 Å². The number of amides is 1. The van der Waals surface area contributed by atoms with Gasteiger partial charge in [0.25, 0.3) is 0 Å². The molecule has 1 amide bonds. The zero-order chi connectivity index (χ0) is 17.0. The van der Waals surface area contributed by atoms with E-state index in [1.54, 1.807) is 37.4 Å². The highest BCUT2D eigenvalue weighted by Gasteiger charge is 2.19. The van der Waals surface area contributed by atoms with Crippen LogP contribution in [-0.2, 0) is 21.1 Å². The molecule has 0 aromatic heterocycles. The average molecular weight is 335 g/mol. The summed E-state index contributed by atoms with van der Waals surface area (Å²) in [5, 5.41) is 0. The van der Waals surface area contributed by atoms with Crippen molar-refractivity contribution in [3.63, 3.8) is 0 Å². The van der Waals surface area contributed by atoms with Gasteiger partial charge in [-0.15, -0.1) is 0 Å². The average Bonchev–Trinajstić information content (AvgIpc) is 2.52. The van der Waals surface area contributed by atoms with Crippen LogP contribution in [0.3, 0.4) is 0 Å². The van der Waals surface area contributed by atoms with E-state index in [-0.39, 0.29) is 23.0 Å². The second-order valence-corrected chi connectivity index (χ2v) is 7.30. The smallest absolute Gasteiger partial charge is 0.227 e. The lowest BCUT2D eigenvalue weighted by atomic mass is 10.1. The maximum Gasteiger partial charge on any atom is 0.227 e. The van der Waals surface area contributed by atoms with Gasteiger partial charge in [0, 0.05) is 19.7 Å². The lowest BCUT2D eigenvalue weighted by Gasteiger charge is -2.20. The lowest BCUT2D eigenvalue weighted by Crippen LogP contribution is -2.27. The number of halogens is 1. The van der Waals surface area contributed by atoms with Crippen LogP contribution < -0.4 is 4.90 Å². The van der Waals surface area contributed by atoms with Gasteiger partial charge in [-0.1, -0.05) is 24.3 Å². The van der Waals surface area contributed by atoms with E-state index in [1.807, 2.05) is 0 Å². The SMILES string of the molecule is CN(C(=O)CCc1ccc(F)cc1)c1ccccc1S(C)(=O)=O. The van der Waals surface area contributed by atoms with Gasteiger partial charge in [-0.3, -0.25) is 4.79 Å². The number of rotatable bonds is 5. The van der Waals surface area contributed by atoms with Gasteiger partial charge in [0.1, 0.15) is 5.82 Å². The quantitative estimate of drug-likeness (QED) is 0.844. The molecule has 23 heavy (non-hydrogen) atoms. The molecule has 0 radical (unpaired) electrons. The Hall–Kier alpha value is -2.21. The van der Waals surface area contributed by atoms with Gasteiger partial charge >= 0.3 is 0 Å². The number of anilines is 1. The summed E-state index contributed by atoms with van der Waals surface area (Å²) >= 11 is 0. The summed E-state index contributed by atoms with van der Waals surface area (Å²) in [6.07, 6.45) is 1.79. The van der Waals surface area contributed by atoms with Gasteiger partial charge in [0.05, 0.1) is 10.6 Å². The van der Waals surface area contributed by atoms with Gasteiger partial charge < -0.3 is 4.90 Å². The molecule has 0 saturated heterocycles. The van der Waals surface area contributed by atoms with Crippen molar-refractivity contribution in [3.8, 4) is 0 Å². The standard InChI is InChI=1S/C17H18FNO3S/c1-19(15-5-3-4-6-16(15)23(2,21)22)17(20)12-9-13-7-10-14(18)11-8-13/h3-8,10-11H,9,12H2,1-2H3. The van der Waals surface area contributed by atoms with Crippen LogP contribution in [0.15, 0.2) is 53.4 Å². The third-order valence-corrected chi connectivity index (χ3v) is 4.69. The van der Waals surface area contributed by atoms with Crippen molar-refractivity contribution in [1.29, 1.82) is 0 Å². The Bertz CT molecular complexity index is 801. The van der Waals surface area contributed by atoms with Crippen molar-refractivity contribution in [2.75, 3.05) is 18.2 Å². The number of carbonyl (C=O) groups excluding carboxylic acids is 1. The number of sulfone groups is 1. The number of benzene rings is 2. The molecule has 0 aliphatic carbocycles. The molecule has 0 aliphatic heterocycles. The molecular formula is C17H18FNO3S. The molecule has 0 atom stereocenters. The van der Waals surface area contributed by atoms with E-state index in [2.05, 4.69) is 0 Å². The summed E-state index contributed by atoms with van der Waals surface area (Å²) < 4.78 is 36.5. The highest BCUT2D eigenvalue weighted by molar-refractivity contribution is 7.90. The minimum Gasteiger partial charge on any atom is -0.314 e. The number of nitrogens with zero attached hydrogens (tertiary/aromatic N) is 1. The molecule has 6 heteroatoms. The molecule has 0 fully saturated rings. The fraction of sp³-hybridized carbons (Fsp3) is 0.235. The Morgan fingerprint density at radius 3 is 2.30 bits per heavy atom. The monoisotopic (exact) mass is 335 g/mol. The molecule has 0 spiro atoms. The van der Waals surface area contributed by atoms with Crippen molar-refractivity contribution in [2.24, 2.45) is 0 Å². The van der Waals surface area contributed by atoms with E-state index in [1.165, 1.54) is 23.1 Å². The molecule has 2 rings (SSSR count). The highest BCUT2D eigenvalue weighted by atomic mass is 32.2. The van der Waals surface area contributed by atoms with Gasteiger partial charge in [0.15, 0.2) is 9.84 Å². The maximum absolute atomic E-state index is 12.9. The second kappa shape index (κ2) is 6.91. The first kappa shape index (κ1) is 17.1. The molecule has 0 N–H and O–H groups in total. The summed E-state index contributed by atoms with van der Waals surface area (Å²) in [6.45, 7) is 0. The summed E-state index contributed by atoms with van der Waals surface area (Å²) in [7, 11) is -1.87. The largest absolute Gasteiger partial charge is 0.314 e. The molecule has 2 aromatic carbocycles. The van der Waals surface area contributed by atoms with Crippen LogP contribution in [-0.4, -0.2) is 27.6 Å². The Kier molecular flexibility index (Phi) is 5.15. The van der Waals surface area contributed by atoms with Crippen LogP contribution >= 0.6 is 0 Å². The van der Waals surface area contributed by atoms with Gasteiger partial charge in [-0.25, -0.2) is 12.8 Å². The first-order valence-electron chi connectivity index (χ1n) is 7.09. The zero-order valence-electron chi connectivity index (χ0n) is 13.0. The predicted molar refractivity (Wildman–Crippen MR) is 87.7 cm³/mol. The molecule has 2 aromatic rings. The molecule has 0 unspecified atom stereocenters. The fourth-order valence-electron chi connectivity index (χ4n) is 2.25. The predicted octanol–water partition coefficient (Wildman–Crippen LogP) is 2.82. The van der Waals surface area contributed by atoms with Crippen LogP contribution in [0.2, 0.25) is 0 Å². The number of para-hydroxylation sites is 1. The van der Waals surface area contributed by atoms with Crippen molar-refractivity contribution in [3.05, 3.63) is 59.9 Å². The summed E-state index contributed by atoms with van der Waals surface area (Å²) in [5.74, 6) is -0.523. The molecule has 0 bridgehead atoms. The van der Waals surface area contributed by atoms with E-state index < -0.39 is 9.84 Å². The van der Waals surface area contributed by atoms with Crippen LogP contribution in [0.25, 0.3) is 0 Å². The number of hydrogen-bond acceptors (Lipinski definition) is 3. The Balaban J connectivity index is 2.13. The summed E-state index contributed by atoms with van der Waals surface area (Å²) in [5.41, 5.74) is 1.21. The Morgan fingerprint density at radius 1 is 1.09 bits per heavy atom. The van der Waals surface area contributed by atoms with Gasteiger partial charge in [0.2, 0.25) is 5.91 Å². The molecule has 4 nitrogen and oxygen atoms in total. The van der Waals surface area contributed by atoms with Crippen LogP contribution in [0.5, 0.6) is 0 Å². The Labute approximate surface area is 135 Å². The second-order valence-electron chi connectivity index (χ2n) is 5.32. The third kappa shape index (κ3) is 4.39. The molecule has 0 saturated carbocycles. The summed E-state index contributed by atoms with van der Waals surface area (Å²) in [6, 6.07) is 12.4. The fourth-order valence-corrected chi connectivity index (χ4v) is 3.16. The molecule has 122 valence electrons. The minimum atomic E-state index is -3.42. The molecule has 0 aliphatic rings. The van der Waals surface area contributed by atoms with E-state index in [9.17, 15) is 17.6 Å². The molecule has 0 heterocycles. The van der Waals surface area contributed by atoms with Crippen molar-refractivity contribution < 1.29 is 17.6 Å². The van der Waals surface area contributed by atoms with Gasteiger partial charge in [-0.05, 0) is 36.2 Å². The van der Waals surface area contributed by atoms with Crippen LogP contribution in [0, 0.1) is 5.82 Å². The summed E-state index contributed by atoms with van der Waals surface area (Å²) in [4.78, 5) is 13.8.